The molecule has 0 radical (unpaired) electrons. The maximum Gasteiger partial charge on any atom is 0.343 e. The molecule has 0 aromatic carbocycles. The summed E-state index contributed by atoms with van der Waals surface area (Å²) in [4.78, 5) is 22.8. The highest BCUT2D eigenvalue weighted by Gasteiger charge is 2.39. The van der Waals surface area contributed by atoms with E-state index in [4.69, 9.17) is 0 Å². The molecule has 2 atom stereocenters. The highest BCUT2D eigenvalue weighted by atomic mass is 32.2. The molecule has 0 bridgehead atoms. The lowest BCUT2D eigenvalue weighted by Crippen LogP contribution is -2.52. The number of hydrogen-bond acceptors (Lipinski definition) is 5. The maximum atomic E-state index is 11.5. The van der Waals surface area contributed by atoms with Crippen LogP contribution in [0.15, 0.2) is 9.95 Å². The van der Waals surface area contributed by atoms with Gasteiger partial charge in [0.1, 0.15) is 5.54 Å². The monoisotopic (exact) mass is 300 g/mol. The number of hydrogen-bond donors (Lipinski definition) is 3. The highest BCUT2D eigenvalue weighted by Crippen LogP contribution is 2.30. The third kappa shape index (κ3) is 3.43. The molecule has 2 unspecified atom stereocenters. The van der Waals surface area contributed by atoms with Crippen molar-refractivity contribution in [3.8, 4) is 0 Å². The minimum Gasteiger partial charge on any atom is -0.480 e. The third-order valence-corrected chi connectivity index (χ3v) is 4.56. The van der Waals surface area contributed by atoms with Crippen LogP contribution in [0.3, 0.4) is 0 Å². The van der Waals surface area contributed by atoms with E-state index in [1.807, 2.05) is 6.92 Å². The molecule has 3 N–H and O–H groups in total. The highest BCUT2D eigenvalue weighted by molar-refractivity contribution is 7.99. The van der Waals surface area contributed by atoms with Crippen molar-refractivity contribution in [2.24, 2.45) is 7.05 Å². The molecule has 1 aliphatic rings. The van der Waals surface area contributed by atoms with Crippen molar-refractivity contribution in [1.82, 2.24) is 20.1 Å². The summed E-state index contributed by atoms with van der Waals surface area (Å²) < 4.78 is 1.42. The summed E-state index contributed by atoms with van der Waals surface area (Å²) >= 11 is 1.40. The van der Waals surface area contributed by atoms with Gasteiger partial charge in [-0.15, -0.1) is 5.10 Å². The number of nitrogens with zero attached hydrogens (tertiary/aromatic N) is 2. The first-order valence-electron chi connectivity index (χ1n) is 6.61. The van der Waals surface area contributed by atoms with E-state index < -0.39 is 11.5 Å². The van der Waals surface area contributed by atoms with Crippen molar-refractivity contribution >= 4 is 17.7 Å². The van der Waals surface area contributed by atoms with Crippen molar-refractivity contribution in [1.29, 1.82) is 0 Å². The smallest absolute Gasteiger partial charge is 0.343 e. The number of H-pyrrole nitrogens is 1. The molecule has 1 saturated carbocycles. The zero-order valence-electron chi connectivity index (χ0n) is 11.8. The normalized spacial score (nSPS) is 19.6. The molecule has 0 aliphatic heterocycles. The SMILES string of the molecule is CC(CC(C)(NC1CC1)C(=O)O)Sc1n[nH]c(=O)n1C. The second-order valence-electron chi connectivity index (χ2n) is 5.56. The summed E-state index contributed by atoms with van der Waals surface area (Å²) in [5, 5.41) is 19.5. The summed E-state index contributed by atoms with van der Waals surface area (Å²) in [6.07, 6.45) is 2.54. The number of nitrogens with one attached hydrogen (secondary N) is 2. The maximum absolute atomic E-state index is 11.5. The molecule has 0 amide bonds. The van der Waals surface area contributed by atoms with Gasteiger partial charge in [0.05, 0.1) is 0 Å². The first kappa shape index (κ1) is 15.1. The van der Waals surface area contributed by atoms with Crippen LogP contribution in [0.1, 0.15) is 33.1 Å². The van der Waals surface area contributed by atoms with Crippen LogP contribution in [0.2, 0.25) is 0 Å². The molecule has 112 valence electrons. The van der Waals surface area contributed by atoms with E-state index in [2.05, 4.69) is 15.5 Å². The van der Waals surface area contributed by atoms with Gasteiger partial charge in [-0.3, -0.25) is 14.7 Å². The number of thioether (sulfide) groups is 1. The number of aromatic amines is 1. The van der Waals surface area contributed by atoms with Gasteiger partial charge in [0.2, 0.25) is 0 Å². The van der Waals surface area contributed by atoms with Crippen LogP contribution in [0, 0.1) is 0 Å². The molecule has 1 aromatic heterocycles. The van der Waals surface area contributed by atoms with Gasteiger partial charge in [-0.25, -0.2) is 9.89 Å². The van der Waals surface area contributed by atoms with Crippen molar-refractivity contribution in [2.75, 3.05) is 0 Å². The average molecular weight is 300 g/mol. The molecule has 8 heteroatoms. The molecule has 2 rings (SSSR count). The van der Waals surface area contributed by atoms with E-state index in [0.29, 0.717) is 17.6 Å². The lowest BCUT2D eigenvalue weighted by atomic mass is 9.96. The second-order valence-corrected chi connectivity index (χ2v) is 6.96. The van der Waals surface area contributed by atoms with E-state index in [0.717, 1.165) is 12.8 Å². The Kier molecular flexibility index (Phi) is 4.24. The Morgan fingerprint density at radius 1 is 1.70 bits per heavy atom. The first-order chi connectivity index (χ1) is 9.32. The average Bonchev–Trinajstić information content (AvgIpc) is 3.10. The minimum atomic E-state index is -0.942. The van der Waals surface area contributed by atoms with Crippen LogP contribution in [0.4, 0.5) is 0 Å². The predicted molar refractivity (Wildman–Crippen MR) is 76.0 cm³/mol. The van der Waals surface area contributed by atoms with E-state index in [-0.39, 0.29) is 10.9 Å². The number of aromatic nitrogens is 3. The van der Waals surface area contributed by atoms with Gasteiger partial charge >= 0.3 is 11.7 Å². The quantitative estimate of drug-likeness (QED) is 0.637. The molecule has 0 saturated heterocycles. The Morgan fingerprint density at radius 3 is 2.80 bits per heavy atom. The van der Waals surface area contributed by atoms with Gasteiger partial charge in [0.25, 0.3) is 0 Å². The predicted octanol–water partition coefficient (Wildman–Crippen LogP) is 0.574. The van der Waals surface area contributed by atoms with E-state index in [1.165, 1.54) is 16.3 Å². The van der Waals surface area contributed by atoms with E-state index in [1.54, 1.807) is 14.0 Å². The van der Waals surface area contributed by atoms with Gasteiger partial charge in [-0.1, -0.05) is 18.7 Å². The largest absolute Gasteiger partial charge is 0.480 e. The van der Waals surface area contributed by atoms with Gasteiger partial charge < -0.3 is 5.11 Å². The minimum absolute atomic E-state index is 0.0243. The number of aliphatic carboxylic acids is 1. The lowest BCUT2D eigenvalue weighted by molar-refractivity contribution is -0.144. The summed E-state index contributed by atoms with van der Waals surface area (Å²) in [5.74, 6) is -0.840. The fourth-order valence-corrected chi connectivity index (χ4v) is 3.24. The van der Waals surface area contributed by atoms with Crippen LogP contribution in [0.25, 0.3) is 0 Å². The molecule has 0 spiro atoms. The van der Waals surface area contributed by atoms with Crippen LogP contribution in [-0.2, 0) is 11.8 Å². The number of rotatable bonds is 7. The Bertz CT molecular complexity index is 551. The fourth-order valence-electron chi connectivity index (χ4n) is 2.12. The topological polar surface area (TPSA) is 100 Å². The molecular formula is C12H20N4O3S. The number of carboxylic acid groups (broad SMARTS) is 1. The Hall–Kier alpha value is -1.28. The molecule has 7 nitrogen and oxygen atoms in total. The summed E-state index contributed by atoms with van der Waals surface area (Å²) in [6.45, 7) is 3.66. The fraction of sp³-hybridized carbons (Fsp3) is 0.750. The summed E-state index contributed by atoms with van der Waals surface area (Å²) in [5.41, 5.74) is -1.21. The number of carboxylic acids is 1. The standard InChI is InChI=1S/C12H20N4O3S/c1-7(20-11-15-14-10(19)16(11)3)6-12(2,9(17)18)13-8-4-5-8/h7-8,13H,4-6H2,1-3H3,(H,14,19)(H,17,18). The van der Waals surface area contributed by atoms with E-state index in [9.17, 15) is 14.7 Å². The first-order valence-corrected chi connectivity index (χ1v) is 7.49. The third-order valence-electron chi connectivity index (χ3n) is 3.41. The van der Waals surface area contributed by atoms with Crippen LogP contribution < -0.4 is 11.0 Å². The molecule has 1 aliphatic carbocycles. The molecule has 20 heavy (non-hydrogen) atoms. The Balaban J connectivity index is 2.00. The Labute approximate surface area is 121 Å². The van der Waals surface area contributed by atoms with Crippen LogP contribution in [0.5, 0.6) is 0 Å². The zero-order chi connectivity index (χ0) is 14.9. The number of carbonyl (C=O) groups is 1. The lowest BCUT2D eigenvalue weighted by Gasteiger charge is -2.29. The molecular weight excluding hydrogens is 280 g/mol. The van der Waals surface area contributed by atoms with Crippen molar-refractivity contribution < 1.29 is 9.90 Å². The van der Waals surface area contributed by atoms with Crippen molar-refractivity contribution in [3.63, 3.8) is 0 Å². The van der Waals surface area contributed by atoms with Crippen LogP contribution in [-0.4, -0.2) is 42.7 Å². The van der Waals surface area contributed by atoms with Gasteiger partial charge in [0, 0.05) is 18.3 Å². The summed E-state index contributed by atoms with van der Waals surface area (Å²) in [7, 11) is 1.64. The van der Waals surface area contributed by atoms with Crippen LogP contribution >= 0.6 is 11.8 Å². The Morgan fingerprint density at radius 2 is 2.35 bits per heavy atom. The molecule has 1 heterocycles. The van der Waals surface area contributed by atoms with Crippen molar-refractivity contribution in [2.45, 2.75) is 55.1 Å². The molecule has 1 aromatic rings. The van der Waals surface area contributed by atoms with Gasteiger partial charge in [-0.2, -0.15) is 0 Å². The van der Waals surface area contributed by atoms with Crippen molar-refractivity contribution in [3.05, 3.63) is 10.5 Å². The van der Waals surface area contributed by atoms with E-state index >= 15 is 0 Å². The molecule has 1 fully saturated rings. The van der Waals surface area contributed by atoms with Gasteiger partial charge in [-0.05, 0) is 26.2 Å². The second kappa shape index (κ2) is 5.61. The zero-order valence-corrected chi connectivity index (χ0v) is 12.7. The van der Waals surface area contributed by atoms with Gasteiger partial charge in [0.15, 0.2) is 5.16 Å². The summed E-state index contributed by atoms with van der Waals surface area (Å²) in [6, 6.07) is 0.322.